The van der Waals surface area contributed by atoms with Crippen LogP contribution in [0.3, 0.4) is 0 Å². The van der Waals surface area contributed by atoms with Gasteiger partial charge in [0.1, 0.15) is 0 Å². The number of likely N-dealkylation sites (N-methyl/N-ethyl adjacent to an activating group) is 1. The smallest absolute Gasteiger partial charge is 0.308 e. The number of hydrogen-bond acceptors (Lipinski definition) is 2. The van der Waals surface area contributed by atoms with Gasteiger partial charge in [-0.2, -0.15) is 0 Å². The second kappa shape index (κ2) is 7.46. The Bertz CT molecular complexity index is 516. The van der Waals surface area contributed by atoms with Crippen LogP contribution >= 0.6 is 11.6 Å². The quantitative estimate of drug-likeness (QED) is 0.877. The monoisotopic (exact) mass is 311 g/mol. The fourth-order valence-electron chi connectivity index (χ4n) is 2.33. The van der Waals surface area contributed by atoms with Crippen LogP contribution < -0.4 is 0 Å². The fraction of sp³-hybridized carbons (Fsp3) is 0.500. The van der Waals surface area contributed by atoms with Crippen molar-refractivity contribution in [2.75, 3.05) is 13.6 Å². The third kappa shape index (κ3) is 4.74. The molecule has 1 rings (SSSR count). The molecule has 1 aromatic carbocycles. The standard InChI is InChI=1S/C16H22ClNO3/c1-10(2)14(12-6-5-7-13(17)8-12)15(19)18(4)9-11(3)16(20)21/h5-8,10-11,14H,9H2,1-4H3,(H,20,21). The molecule has 0 heterocycles. The molecule has 0 aliphatic rings. The Morgan fingerprint density at radius 1 is 1.29 bits per heavy atom. The fourth-order valence-corrected chi connectivity index (χ4v) is 2.53. The van der Waals surface area contributed by atoms with Crippen LogP contribution in [0.5, 0.6) is 0 Å². The Kier molecular flexibility index (Phi) is 6.21. The predicted octanol–water partition coefficient (Wildman–Crippen LogP) is 3.26. The number of hydrogen-bond donors (Lipinski definition) is 1. The minimum atomic E-state index is -0.904. The van der Waals surface area contributed by atoms with Gasteiger partial charge in [-0.15, -0.1) is 0 Å². The number of carboxylic acids is 1. The highest BCUT2D eigenvalue weighted by molar-refractivity contribution is 6.30. The second-order valence-corrected chi connectivity index (χ2v) is 6.17. The van der Waals surface area contributed by atoms with E-state index >= 15 is 0 Å². The molecule has 1 amide bonds. The van der Waals surface area contributed by atoms with Crippen LogP contribution in [0, 0.1) is 11.8 Å². The van der Waals surface area contributed by atoms with E-state index in [2.05, 4.69) is 0 Å². The number of halogens is 1. The molecule has 0 saturated heterocycles. The molecule has 1 N–H and O–H groups in total. The molecular formula is C16H22ClNO3. The number of nitrogens with zero attached hydrogens (tertiary/aromatic N) is 1. The summed E-state index contributed by atoms with van der Waals surface area (Å²) < 4.78 is 0. The molecule has 4 nitrogen and oxygen atoms in total. The zero-order chi connectivity index (χ0) is 16.2. The van der Waals surface area contributed by atoms with E-state index in [1.54, 1.807) is 26.1 Å². The maximum atomic E-state index is 12.6. The maximum Gasteiger partial charge on any atom is 0.308 e. The van der Waals surface area contributed by atoms with Crippen molar-refractivity contribution in [1.29, 1.82) is 0 Å². The lowest BCUT2D eigenvalue weighted by Gasteiger charge is -2.27. The molecule has 0 aliphatic carbocycles. The van der Waals surface area contributed by atoms with Crippen LogP contribution in [-0.2, 0) is 9.59 Å². The van der Waals surface area contributed by atoms with E-state index in [1.807, 2.05) is 26.0 Å². The van der Waals surface area contributed by atoms with Gasteiger partial charge in [0.25, 0.3) is 0 Å². The first kappa shape index (κ1) is 17.5. The lowest BCUT2D eigenvalue weighted by molar-refractivity contribution is -0.143. The largest absolute Gasteiger partial charge is 0.481 e. The summed E-state index contributed by atoms with van der Waals surface area (Å²) in [5.41, 5.74) is 0.859. The van der Waals surface area contributed by atoms with Crippen LogP contribution in [0.25, 0.3) is 0 Å². The summed E-state index contributed by atoms with van der Waals surface area (Å²) in [5.74, 6) is -1.81. The molecule has 0 aliphatic heterocycles. The number of aliphatic carboxylic acids is 1. The highest BCUT2D eigenvalue weighted by atomic mass is 35.5. The number of amides is 1. The summed E-state index contributed by atoms with van der Waals surface area (Å²) in [4.78, 5) is 25.1. The zero-order valence-electron chi connectivity index (χ0n) is 12.8. The summed E-state index contributed by atoms with van der Waals surface area (Å²) in [6.07, 6.45) is 0. The third-order valence-electron chi connectivity index (χ3n) is 3.49. The summed E-state index contributed by atoms with van der Waals surface area (Å²) >= 11 is 6.00. The summed E-state index contributed by atoms with van der Waals surface area (Å²) in [5, 5.41) is 9.55. The first-order valence-corrected chi connectivity index (χ1v) is 7.35. The average Bonchev–Trinajstić information content (AvgIpc) is 2.38. The van der Waals surface area contributed by atoms with Gasteiger partial charge in [0, 0.05) is 18.6 Å². The van der Waals surface area contributed by atoms with Crippen molar-refractivity contribution >= 4 is 23.5 Å². The van der Waals surface area contributed by atoms with Gasteiger partial charge in [0.05, 0.1) is 11.8 Å². The van der Waals surface area contributed by atoms with Gasteiger partial charge >= 0.3 is 5.97 Å². The van der Waals surface area contributed by atoms with Crippen molar-refractivity contribution in [1.82, 2.24) is 4.90 Å². The number of carboxylic acid groups (broad SMARTS) is 1. The Hall–Kier alpha value is -1.55. The topological polar surface area (TPSA) is 57.6 Å². The molecule has 0 fully saturated rings. The van der Waals surface area contributed by atoms with Crippen molar-refractivity contribution in [3.05, 3.63) is 34.9 Å². The number of rotatable bonds is 6. The van der Waals surface area contributed by atoms with Crippen molar-refractivity contribution < 1.29 is 14.7 Å². The van der Waals surface area contributed by atoms with Gasteiger partial charge in [-0.05, 0) is 23.6 Å². The van der Waals surface area contributed by atoms with Gasteiger partial charge in [0.15, 0.2) is 0 Å². The van der Waals surface area contributed by atoms with E-state index in [0.29, 0.717) is 5.02 Å². The van der Waals surface area contributed by atoms with E-state index in [-0.39, 0.29) is 24.3 Å². The predicted molar refractivity (Wildman–Crippen MR) is 83.5 cm³/mol. The highest BCUT2D eigenvalue weighted by Crippen LogP contribution is 2.28. The van der Waals surface area contributed by atoms with Crippen molar-refractivity contribution in [3.63, 3.8) is 0 Å². The lowest BCUT2D eigenvalue weighted by atomic mass is 9.87. The first-order valence-electron chi connectivity index (χ1n) is 6.97. The van der Waals surface area contributed by atoms with E-state index in [9.17, 15) is 9.59 Å². The SMILES string of the molecule is CC(CN(C)C(=O)C(c1cccc(Cl)c1)C(C)C)C(=O)O. The maximum absolute atomic E-state index is 12.6. The molecule has 5 heteroatoms. The average molecular weight is 312 g/mol. The molecule has 21 heavy (non-hydrogen) atoms. The van der Waals surface area contributed by atoms with Crippen LogP contribution in [0.15, 0.2) is 24.3 Å². The molecule has 0 saturated carbocycles. The van der Waals surface area contributed by atoms with Crippen LogP contribution in [0.2, 0.25) is 5.02 Å². The third-order valence-corrected chi connectivity index (χ3v) is 3.72. The zero-order valence-corrected chi connectivity index (χ0v) is 13.6. The van der Waals surface area contributed by atoms with Crippen LogP contribution in [0.4, 0.5) is 0 Å². The van der Waals surface area contributed by atoms with Gasteiger partial charge in [-0.3, -0.25) is 9.59 Å². The van der Waals surface area contributed by atoms with E-state index in [4.69, 9.17) is 16.7 Å². The van der Waals surface area contributed by atoms with Crippen molar-refractivity contribution in [2.24, 2.45) is 11.8 Å². The van der Waals surface area contributed by atoms with Crippen LogP contribution in [-0.4, -0.2) is 35.5 Å². The second-order valence-electron chi connectivity index (χ2n) is 5.73. The summed E-state index contributed by atoms with van der Waals surface area (Å²) in [6, 6.07) is 7.25. The van der Waals surface area contributed by atoms with Gasteiger partial charge in [-0.1, -0.05) is 44.5 Å². The molecular weight excluding hydrogens is 290 g/mol. The van der Waals surface area contributed by atoms with E-state index in [1.165, 1.54) is 4.90 Å². The van der Waals surface area contributed by atoms with Crippen molar-refractivity contribution in [3.8, 4) is 0 Å². The molecule has 0 aromatic heterocycles. The number of carbonyl (C=O) groups excluding carboxylic acids is 1. The number of benzene rings is 1. The minimum absolute atomic E-state index is 0.0830. The summed E-state index contributed by atoms with van der Waals surface area (Å²) in [7, 11) is 1.64. The van der Waals surface area contributed by atoms with Gasteiger partial charge in [0.2, 0.25) is 5.91 Å². The van der Waals surface area contributed by atoms with E-state index in [0.717, 1.165) is 5.56 Å². The normalized spacial score (nSPS) is 13.8. The molecule has 0 radical (unpaired) electrons. The first-order chi connectivity index (χ1) is 9.73. The van der Waals surface area contributed by atoms with E-state index < -0.39 is 11.9 Å². The van der Waals surface area contributed by atoms with Gasteiger partial charge < -0.3 is 10.0 Å². The Morgan fingerprint density at radius 2 is 1.90 bits per heavy atom. The van der Waals surface area contributed by atoms with Gasteiger partial charge in [-0.25, -0.2) is 0 Å². The summed E-state index contributed by atoms with van der Waals surface area (Å²) in [6.45, 7) is 5.73. The molecule has 0 bridgehead atoms. The minimum Gasteiger partial charge on any atom is -0.481 e. The molecule has 116 valence electrons. The number of carbonyl (C=O) groups is 2. The Labute approximate surface area is 130 Å². The highest BCUT2D eigenvalue weighted by Gasteiger charge is 2.28. The van der Waals surface area contributed by atoms with Crippen LogP contribution in [0.1, 0.15) is 32.3 Å². The molecule has 2 atom stereocenters. The molecule has 0 spiro atoms. The lowest BCUT2D eigenvalue weighted by Crippen LogP contribution is -2.38. The van der Waals surface area contributed by atoms with Crippen molar-refractivity contribution in [2.45, 2.75) is 26.7 Å². The Balaban J connectivity index is 2.95. The molecule has 2 unspecified atom stereocenters. The molecule has 1 aromatic rings. The Morgan fingerprint density at radius 3 is 2.38 bits per heavy atom.